The quantitative estimate of drug-likeness (QED) is 0.140. The summed E-state index contributed by atoms with van der Waals surface area (Å²) in [6.07, 6.45) is 0.361. The summed E-state index contributed by atoms with van der Waals surface area (Å²) in [7, 11) is 2.53. The summed E-state index contributed by atoms with van der Waals surface area (Å²) in [5, 5.41) is 9.88. The van der Waals surface area contributed by atoms with Crippen molar-refractivity contribution < 1.29 is 45.1 Å². The highest BCUT2D eigenvalue weighted by molar-refractivity contribution is 8.13. The standard InChI is InChI=1S/C35H41ClF4N4O5S2/c1-21(33(45)46)42(13-8-14-44(4,5)6)51(47,48)25-17-27(36)26(28(38)18-25)20-50-34-41-19-31(43(34)24-11-9-23(37)10-12-24)35(2,3)22-15-29(39)32(40)30(16-22)49-7/h9-12,15-18,21,31H,8,13-14,19-20H2,1-7H3/p+1/t21-,31?/m1/s1. The molecule has 9 nitrogen and oxygen atoms in total. The van der Waals surface area contributed by atoms with Crippen LogP contribution in [0.15, 0.2) is 58.4 Å². The first-order valence-electron chi connectivity index (χ1n) is 16.0. The Balaban J connectivity index is 1.64. The number of benzene rings is 3. The molecule has 0 bridgehead atoms. The average Bonchev–Trinajstić information content (AvgIpc) is 3.48. The number of carboxylic acid groups (broad SMARTS) is 1. The highest BCUT2D eigenvalue weighted by Crippen LogP contribution is 2.41. The Labute approximate surface area is 305 Å². The van der Waals surface area contributed by atoms with Crippen LogP contribution < -0.4 is 9.64 Å². The molecule has 1 aliphatic heterocycles. The second-order valence-electron chi connectivity index (χ2n) is 13.8. The molecule has 0 fully saturated rings. The van der Waals surface area contributed by atoms with Crippen molar-refractivity contribution in [1.82, 2.24) is 4.31 Å². The van der Waals surface area contributed by atoms with E-state index in [0.717, 1.165) is 34.3 Å². The van der Waals surface area contributed by atoms with Gasteiger partial charge in [0.15, 0.2) is 16.7 Å². The number of hydrogen-bond donors (Lipinski definition) is 1. The highest BCUT2D eigenvalue weighted by Gasteiger charge is 2.42. The van der Waals surface area contributed by atoms with Crippen LogP contribution in [0.1, 0.15) is 38.3 Å². The Kier molecular flexibility index (Phi) is 12.4. The molecule has 16 heteroatoms. The maximum absolute atomic E-state index is 15.8. The van der Waals surface area contributed by atoms with Gasteiger partial charge in [0.1, 0.15) is 17.7 Å². The lowest BCUT2D eigenvalue weighted by Gasteiger charge is -2.39. The summed E-state index contributed by atoms with van der Waals surface area (Å²) in [6, 6.07) is 8.17. The topological polar surface area (TPSA) is 99.5 Å². The second kappa shape index (κ2) is 15.7. The average molecular weight is 774 g/mol. The molecular weight excluding hydrogens is 732 g/mol. The molecule has 0 amide bonds. The maximum Gasteiger partial charge on any atom is 0.321 e. The Morgan fingerprint density at radius 3 is 2.33 bits per heavy atom. The molecule has 51 heavy (non-hydrogen) atoms. The first-order valence-corrected chi connectivity index (χ1v) is 18.8. The van der Waals surface area contributed by atoms with E-state index in [0.29, 0.717) is 33.9 Å². The van der Waals surface area contributed by atoms with Crippen molar-refractivity contribution >= 4 is 50.2 Å². The summed E-state index contributed by atoms with van der Waals surface area (Å²) in [5.74, 6) is -5.30. The fourth-order valence-electron chi connectivity index (χ4n) is 5.78. The van der Waals surface area contributed by atoms with Crippen molar-refractivity contribution in [3.8, 4) is 5.75 Å². The molecule has 0 aliphatic carbocycles. The van der Waals surface area contributed by atoms with Gasteiger partial charge in [0, 0.05) is 40.4 Å². The van der Waals surface area contributed by atoms with E-state index in [4.69, 9.17) is 21.3 Å². The van der Waals surface area contributed by atoms with E-state index in [-0.39, 0.29) is 35.2 Å². The minimum Gasteiger partial charge on any atom is -0.494 e. The second-order valence-corrected chi connectivity index (χ2v) is 17.1. The zero-order valence-electron chi connectivity index (χ0n) is 29.4. The Hall–Kier alpha value is -3.37. The molecule has 3 aromatic rings. The summed E-state index contributed by atoms with van der Waals surface area (Å²) in [5.41, 5.74) is 0.0644. The van der Waals surface area contributed by atoms with Gasteiger partial charge in [-0.15, -0.1) is 0 Å². The van der Waals surface area contributed by atoms with Crippen LogP contribution in [0.3, 0.4) is 0 Å². The molecule has 0 saturated carbocycles. The molecule has 1 N–H and O–H groups in total. The Morgan fingerprint density at radius 1 is 1.12 bits per heavy atom. The van der Waals surface area contributed by atoms with Crippen molar-refractivity contribution in [2.75, 3.05) is 52.8 Å². The van der Waals surface area contributed by atoms with Crippen LogP contribution >= 0.6 is 23.4 Å². The van der Waals surface area contributed by atoms with Crippen molar-refractivity contribution in [3.05, 3.63) is 87.9 Å². The van der Waals surface area contributed by atoms with Gasteiger partial charge in [-0.1, -0.05) is 37.2 Å². The summed E-state index contributed by atoms with van der Waals surface area (Å²) in [6.45, 7) is 5.56. The molecule has 0 saturated heterocycles. The van der Waals surface area contributed by atoms with E-state index in [9.17, 15) is 31.5 Å². The van der Waals surface area contributed by atoms with Crippen LogP contribution in [0.4, 0.5) is 23.2 Å². The molecular formula is C35H42ClF4N4O5S2+. The van der Waals surface area contributed by atoms with Crippen molar-refractivity contribution in [3.63, 3.8) is 0 Å². The van der Waals surface area contributed by atoms with Gasteiger partial charge in [-0.05, 0) is 61.0 Å². The SMILES string of the molecule is COc1cc(C(C)(C)C2CN=C(SCc3c(F)cc(S(=O)(=O)N(CCC[N+](C)(C)C)[C@H](C)C(=O)O)cc3Cl)N2c2ccc(F)cc2)cc(F)c1F. The Bertz CT molecular complexity index is 1880. The Morgan fingerprint density at radius 2 is 1.76 bits per heavy atom. The third-order valence-electron chi connectivity index (χ3n) is 8.88. The van der Waals surface area contributed by atoms with Crippen LogP contribution in [0, 0.1) is 23.3 Å². The number of nitrogens with zero attached hydrogens (tertiary/aromatic N) is 4. The monoisotopic (exact) mass is 773 g/mol. The predicted octanol–water partition coefficient (Wildman–Crippen LogP) is 6.92. The van der Waals surface area contributed by atoms with E-state index in [1.165, 1.54) is 32.2 Å². The number of thioether (sulfide) groups is 1. The van der Waals surface area contributed by atoms with Crippen LogP contribution in [0.25, 0.3) is 0 Å². The van der Waals surface area contributed by atoms with Crippen LogP contribution in [0.5, 0.6) is 5.75 Å². The zero-order chi connectivity index (χ0) is 38.1. The van der Waals surface area contributed by atoms with E-state index in [2.05, 4.69) is 0 Å². The molecule has 4 rings (SSSR count). The van der Waals surface area contributed by atoms with Gasteiger partial charge in [0.2, 0.25) is 15.8 Å². The number of carboxylic acids is 1. The fraction of sp³-hybridized carbons (Fsp3) is 0.429. The van der Waals surface area contributed by atoms with Crippen molar-refractivity contribution in [2.24, 2.45) is 4.99 Å². The van der Waals surface area contributed by atoms with Gasteiger partial charge in [-0.25, -0.2) is 21.6 Å². The number of hydrogen-bond acceptors (Lipinski definition) is 7. The van der Waals surface area contributed by atoms with Gasteiger partial charge in [-0.2, -0.15) is 8.70 Å². The van der Waals surface area contributed by atoms with Crippen LogP contribution in [-0.4, -0.2) is 93.4 Å². The first-order chi connectivity index (χ1) is 23.7. The maximum atomic E-state index is 15.8. The molecule has 1 aliphatic rings. The van der Waals surface area contributed by atoms with Gasteiger partial charge < -0.3 is 19.2 Å². The molecule has 0 aromatic heterocycles. The predicted molar refractivity (Wildman–Crippen MR) is 192 cm³/mol. The molecule has 3 aromatic carbocycles. The number of ether oxygens (including phenoxy) is 1. The van der Waals surface area contributed by atoms with E-state index < -0.39 is 61.7 Å². The number of rotatable bonds is 14. The molecule has 1 heterocycles. The summed E-state index contributed by atoms with van der Waals surface area (Å²) in [4.78, 5) is 17.9. The van der Waals surface area contributed by atoms with Crippen LogP contribution in [-0.2, 0) is 26.0 Å². The number of carbonyl (C=O) groups is 1. The van der Waals surface area contributed by atoms with Gasteiger partial charge in [0.25, 0.3) is 0 Å². The van der Waals surface area contributed by atoms with Gasteiger partial charge >= 0.3 is 5.97 Å². The fourth-order valence-corrected chi connectivity index (χ4v) is 8.96. The lowest BCUT2D eigenvalue weighted by Crippen LogP contribution is -2.48. The summed E-state index contributed by atoms with van der Waals surface area (Å²) < 4.78 is 92.5. The number of methoxy groups -OCH3 is 1. The number of amidine groups is 1. The minimum absolute atomic E-state index is 0.0155. The third kappa shape index (κ3) is 8.99. The largest absolute Gasteiger partial charge is 0.494 e. The summed E-state index contributed by atoms with van der Waals surface area (Å²) >= 11 is 7.62. The third-order valence-corrected chi connectivity index (χ3v) is 12.2. The number of quaternary nitrogens is 1. The van der Waals surface area contributed by atoms with E-state index in [1.54, 1.807) is 12.1 Å². The van der Waals surface area contributed by atoms with E-state index in [1.807, 2.05) is 39.9 Å². The molecule has 0 spiro atoms. The number of aliphatic carboxylic acids is 1. The molecule has 1 unspecified atom stereocenters. The van der Waals surface area contributed by atoms with Crippen molar-refractivity contribution in [1.29, 1.82) is 0 Å². The number of halogens is 5. The highest BCUT2D eigenvalue weighted by atomic mass is 35.5. The molecule has 0 radical (unpaired) electrons. The van der Waals surface area contributed by atoms with Gasteiger partial charge in [0.05, 0.1) is 52.3 Å². The lowest BCUT2D eigenvalue weighted by molar-refractivity contribution is -0.870. The lowest BCUT2D eigenvalue weighted by atomic mass is 9.77. The smallest absolute Gasteiger partial charge is 0.321 e. The number of sulfonamides is 1. The minimum atomic E-state index is -4.47. The van der Waals surface area contributed by atoms with Crippen LogP contribution in [0.2, 0.25) is 5.02 Å². The van der Waals surface area contributed by atoms with Gasteiger partial charge in [-0.3, -0.25) is 9.79 Å². The molecule has 2 atom stereocenters. The normalized spacial score (nSPS) is 16.1. The molecule has 278 valence electrons. The number of anilines is 1. The zero-order valence-corrected chi connectivity index (χ0v) is 31.8. The van der Waals surface area contributed by atoms with E-state index >= 15 is 4.39 Å². The number of aliphatic imine (C=N–C) groups is 1. The first kappa shape index (κ1) is 40.4. The van der Waals surface area contributed by atoms with Crippen molar-refractivity contribution in [2.45, 2.75) is 55.3 Å².